The largest absolute Gasteiger partial charge is 0.481 e. The number of carbonyl (C=O) groups is 1. The molecular formula is C9H18N2O4S. The third-order valence-corrected chi connectivity index (χ3v) is 4.65. The number of hydrogen-bond acceptors (Lipinski definition) is 3. The monoisotopic (exact) mass is 250 g/mol. The number of aliphatic carboxylic acids is 1. The molecule has 7 heteroatoms. The van der Waals surface area contributed by atoms with Gasteiger partial charge < -0.3 is 5.11 Å². The Balaban J connectivity index is 2.58. The highest BCUT2D eigenvalue weighted by Crippen LogP contribution is 2.45. The molecule has 1 fully saturated rings. The summed E-state index contributed by atoms with van der Waals surface area (Å²) in [5, 5.41) is 8.91. The van der Waals surface area contributed by atoms with Crippen LogP contribution >= 0.6 is 0 Å². The lowest BCUT2D eigenvalue weighted by Gasteiger charge is -2.20. The number of hydrogen-bond donors (Lipinski definition) is 2. The quantitative estimate of drug-likeness (QED) is 0.667. The van der Waals surface area contributed by atoms with Gasteiger partial charge in [0, 0.05) is 19.6 Å². The zero-order valence-corrected chi connectivity index (χ0v) is 10.4. The molecule has 94 valence electrons. The van der Waals surface area contributed by atoms with Gasteiger partial charge in [-0.1, -0.05) is 13.8 Å². The lowest BCUT2D eigenvalue weighted by Crippen LogP contribution is -2.43. The molecule has 0 radical (unpaired) electrons. The van der Waals surface area contributed by atoms with Gasteiger partial charge in [-0.2, -0.15) is 12.7 Å². The van der Waals surface area contributed by atoms with Crippen molar-refractivity contribution in [3.05, 3.63) is 0 Å². The van der Waals surface area contributed by atoms with Gasteiger partial charge in [-0.3, -0.25) is 4.79 Å². The molecule has 0 aromatic rings. The third-order valence-electron chi connectivity index (χ3n) is 2.95. The fourth-order valence-corrected chi connectivity index (χ4v) is 2.82. The van der Waals surface area contributed by atoms with E-state index in [9.17, 15) is 13.2 Å². The van der Waals surface area contributed by atoms with E-state index in [2.05, 4.69) is 4.72 Å². The smallest absolute Gasteiger partial charge is 0.310 e. The van der Waals surface area contributed by atoms with Crippen LogP contribution < -0.4 is 4.72 Å². The molecule has 0 spiro atoms. The summed E-state index contributed by atoms with van der Waals surface area (Å²) in [6.07, 6.45) is 1.09. The van der Waals surface area contributed by atoms with Gasteiger partial charge in [0.05, 0.1) is 5.41 Å². The van der Waals surface area contributed by atoms with Crippen molar-refractivity contribution in [2.24, 2.45) is 5.41 Å². The summed E-state index contributed by atoms with van der Waals surface area (Å²) >= 11 is 0. The minimum absolute atomic E-state index is 0.0127. The van der Waals surface area contributed by atoms with Crippen LogP contribution in [0.3, 0.4) is 0 Å². The summed E-state index contributed by atoms with van der Waals surface area (Å²) in [6, 6.07) is 0. The minimum Gasteiger partial charge on any atom is -0.481 e. The van der Waals surface area contributed by atoms with E-state index in [4.69, 9.17) is 5.11 Å². The first-order valence-corrected chi connectivity index (χ1v) is 6.80. The Hall–Kier alpha value is -0.660. The molecule has 0 heterocycles. The van der Waals surface area contributed by atoms with Crippen LogP contribution in [0.25, 0.3) is 0 Å². The van der Waals surface area contributed by atoms with E-state index in [0.717, 1.165) is 0 Å². The molecule has 0 atom stereocenters. The molecule has 6 nitrogen and oxygen atoms in total. The highest BCUT2D eigenvalue weighted by Gasteiger charge is 2.50. The average Bonchev–Trinajstić information content (AvgIpc) is 2.97. The first kappa shape index (κ1) is 13.4. The molecule has 1 aliphatic rings. The number of nitrogens with zero attached hydrogens (tertiary/aromatic N) is 1. The summed E-state index contributed by atoms with van der Waals surface area (Å²) in [6.45, 7) is 4.23. The van der Waals surface area contributed by atoms with E-state index in [1.165, 1.54) is 4.31 Å². The zero-order chi connectivity index (χ0) is 12.4. The van der Waals surface area contributed by atoms with Gasteiger partial charge in [-0.05, 0) is 12.8 Å². The first-order chi connectivity index (χ1) is 7.38. The lowest BCUT2D eigenvalue weighted by molar-refractivity contribution is -0.143. The molecule has 0 unspecified atom stereocenters. The van der Waals surface area contributed by atoms with Crippen LogP contribution in [0.2, 0.25) is 0 Å². The van der Waals surface area contributed by atoms with E-state index in [-0.39, 0.29) is 6.54 Å². The Bertz CT molecular complexity index is 358. The van der Waals surface area contributed by atoms with E-state index in [1.54, 1.807) is 13.8 Å². The Morgan fingerprint density at radius 2 is 1.88 bits per heavy atom. The Morgan fingerprint density at radius 3 is 2.19 bits per heavy atom. The Labute approximate surface area is 95.8 Å². The van der Waals surface area contributed by atoms with Crippen molar-refractivity contribution in [1.82, 2.24) is 9.03 Å². The van der Waals surface area contributed by atoms with Crippen molar-refractivity contribution in [1.29, 1.82) is 0 Å². The van der Waals surface area contributed by atoms with E-state index in [0.29, 0.717) is 25.9 Å². The molecule has 1 rings (SSSR count). The summed E-state index contributed by atoms with van der Waals surface area (Å²) in [5.41, 5.74) is -0.861. The maximum atomic E-state index is 11.7. The number of rotatable bonds is 7. The van der Waals surface area contributed by atoms with Gasteiger partial charge in [-0.25, -0.2) is 4.72 Å². The van der Waals surface area contributed by atoms with Crippen LogP contribution in [-0.4, -0.2) is 43.4 Å². The van der Waals surface area contributed by atoms with Gasteiger partial charge >= 0.3 is 5.97 Å². The van der Waals surface area contributed by atoms with Gasteiger partial charge in [0.2, 0.25) is 0 Å². The van der Waals surface area contributed by atoms with Crippen LogP contribution in [-0.2, 0) is 15.0 Å². The molecule has 0 saturated heterocycles. The van der Waals surface area contributed by atoms with Crippen LogP contribution in [0.4, 0.5) is 0 Å². The summed E-state index contributed by atoms with van der Waals surface area (Å²) in [5.74, 6) is -0.922. The van der Waals surface area contributed by atoms with Gasteiger partial charge in [-0.15, -0.1) is 0 Å². The lowest BCUT2D eigenvalue weighted by atomic mass is 10.1. The standard InChI is InChI=1S/C9H18N2O4S/c1-3-11(4-2)16(14,15)10-7-9(5-6-9)8(12)13/h10H,3-7H2,1-2H3,(H,12,13). The van der Waals surface area contributed by atoms with Crippen LogP contribution in [0, 0.1) is 5.41 Å². The van der Waals surface area contributed by atoms with Crippen molar-refractivity contribution in [2.75, 3.05) is 19.6 Å². The summed E-state index contributed by atoms with van der Waals surface area (Å²) < 4.78 is 27.1. The topological polar surface area (TPSA) is 86.7 Å². The molecule has 1 aliphatic carbocycles. The van der Waals surface area contributed by atoms with E-state index >= 15 is 0 Å². The number of nitrogens with one attached hydrogen (secondary N) is 1. The van der Waals surface area contributed by atoms with Gasteiger partial charge in [0.15, 0.2) is 0 Å². The molecule has 0 aromatic carbocycles. The first-order valence-electron chi connectivity index (χ1n) is 5.36. The molecule has 1 saturated carbocycles. The van der Waals surface area contributed by atoms with Gasteiger partial charge in [0.25, 0.3) is 10.2 Å². The third kappa shape index (κ3) is 2.72. The molecular weight excluding hydrogens is 232 g/mol. The van der Waals surface area contributed by atoms with E-state index < -0.39 is 21.6 Å². The van der Waals surface area contributed by atoms with Crippen LogP contribution in [0.15, 0.2) is 0 Å². The number of carboxylic acid groups (broad SMARTS) is 1. The Morgan fingerprint density at radius 1 is 1.38 bits per heavy atom. The van der Waals surface area contributed by atoms with Gasteiger partial charge in [0.1, 0.15) is 0 Å². The highest BCUT2D eigenvalue weighted by atomic mass is 32.2. The molecule has 16 heavy (non-hydrogen) atoms. The van der Waals surface area contributed by atoms with Crippen molar-refractivity contribution >= 4 is 16.2 Å². The van der Waals surface area contributed by atoms with Crippen molar-refractivity contribution < 1.29 is 18.3 Å². The normalized spacial score (nSPS) is 18.7. The minimum atomic E-state index is -3.53. The maximum Gasteiger partial charge on any atom is 0.310 e. The number of carboxylic acids is 1. The fraction of sp³-hybridized carbons (Fsp3) is 0.889. The van der Waals surface area contributed by atoms with Crippen LogP contribution in [0.1, 0.15) is 26.7 Å². The maximum absolute atomic E-state index is 11.7. The van der Waals surface area contributed by atoms with E-state index in [1.807, 2.05) is 0 Å². The second-order valence-electron chi connectivity index (χ2n) is 4.00. The molecule has 2 N–H and O–H groups in total. The Kier molecular flexibility index (Phi) is 3.92. The van der Waals surface area contributed by atoms with Crippen LogP contribution in [0.5, 0.6) is 0 Å². The molecule has 0 amide bonds. The summed E-state index contributed by atoms with van der Waals surface area (Å²) in [4.78, 5) is 10.9. The predicted octanol–water partition coefficient (Wildman–Crippen LogP) is 0.0274. The van der Waals surface area contributed by atoms with Crippen molar-refractivity contribution in [3.63, 3.8) is 0 Å². The molecule has 0 aromatic heterocycles. The average molecular weight is 250 g/mol. The van der Waals surface area contributed by atoms with Crippen molar-refractivity contribution in [2.45, 2.75) is 26.7 Å². The SMILES string of the molecule is CCN(CC)S(=O)(=O)NCC1(C(=O)O)CC1. The highest BCUT2D eigenvalue weighted by molar-refractivity contribution is 7.87. The molecule has 0 aliphatic heterocycles. The second-order valence-corrected chi connectivity index (χ2v) is 5.75. The fourth-order valence-electron chi connectivity index (χ4n) is 1.50. The molecule has 0 bridgehead atoms. The summed E-state index contributed by atoms with van der Waals surface area (Å²) in [7, 11) is -3.53. The zero-order valence-electron chi connectivity index (χ0n) is 9.56. The van der Waals surface area contributed by atoms with Crippen molar-refractivity contribution in [3.8, 4) is 0 Å². The second kappa shape index (κ2) is 4.68. The predicted molar refractivity (Wildman–Crippen MR) is 59.1 cm³/mol.